The van der Waals surface area contributed by atoms with Gasteiger partial charge < -0.3 is 10.2 Å². The zero-order valence-corrected chi connectivity index (χ0v) is 12.7. The Morgan fingerprint density at radius 3 is 2.43 bits per heavy atom. The third kappa shape index (κ3) is 4.23. The molecule has 0 saturated carbocycles. The zero-order chi connectivity index (χ0) is 16.4. The van der Waals surface area contributed by atoms with Gasteiger partial charge in [0.25, 0.3) is 0 Å². The molecule has 8 heteroatoms. The van der Waals surface area contributed by atoms with E-state index in [0.717, 1.165) is 12.1 Å². The fourth-order valence-corrected chi connectivity index (χ4v) is 2.89. The Morgan fingerprint density at radius 2 is 1.95 bits per heavy atom. The Labute approximate surface area is 122 Å². The van der Waals surface area contributed by atoms with Crippen molar-refractivity contribution >= 4 is 16.0 Å². The number of carboxylic acids is 1. The summed E-state index contributed by atoms with van der Waals surface area (Å²) in [5.41, 5.74) is -0.630. The molecule has 0 heterocycles. The molecule has 118 valence electrons. The van der Waals surface area contributed by atoms with Gasteiger partial charge in [-0.25, -0.2) is 22.3 Å². The van der Waals surface area contributed by atoms with Crippen LogP contribution in [-0.2, 0) is 10.0 Å². The van der Waals surface area contributed by atoms with Crippen LogP contribution in [0.2, 0.25) is 0 Å². The first-order valence-electron chi connectivity index (χ1n) is 6.27. The second kappa shape index (κ2) is 6.50. The van der Waals surface area contributed by atoms with Crippen molar-refractivity contribution in [1.82, 2.24) is 4.72 Å². The van der Waals surface area contributed by atoms with E-state index in [1.165, 1.54) is 6.92 Å². The van der Waals surface area contributed by atoms with Crippen LogP contribution < -0.4 is 4.72 Å². The summed E-state index contributed by atoms with van der Waals surface area (Å²) in [5, 5.41) is 18.5. The minimum Gasteiger partial charge on any atom is -0.478 e. The molecule has 1 atom stereocenters. The summed E-state index contributed by atoms with van der Waals surface area (Å²) < 4.78 is 40.1. The lowest BCUT2D eigenvalue weighted by atomic mass is 10.1. The fourth-order valence-electron chi connectivity index (χ4n) is 1.56. The molecule has 0 aliphatic heterocycles. The second-order valence-electron chi connectivity index (χ2n) is 5.05. The van der Waals surface area contributed by atoms with Crippen LogP contribution in [0.3, 0.4) is 0 Å². The van der Waals surface area contributed by atoms with Gasteiger partial charge in [0.2, 0.25) is 10.0 Å². The summed E-state index contributed by atoms with van der Waals surface area (Å²) >= 11 is 0. The van der Waals surface area contributed by atoms with Gasteiger partial charge in [-0.05, 0) is 25.0 Å². The molecule has 0 saturated heterocycles. The van der Waals surface area contributed by atoms with Crippen LogP contribution in [0.4, 0.5) is 4.39 Å². The minimum atomic E-state index is -4.11. The van der Waals surface area contributed by atoms with Crippen molar-refractivity contribution in [3.8, 4) is 0 Å². The van der Waals surface area contributed by atoms with Crippen molar-refractivity contribution in [3.05, 3.63) is 29.1 Å². The summed E-state index contributed by atoms with van der Waals surface area (Å²) in [6.45, 7) is 4.44. The Morgan fingerprint density at radius 1 is 1.38 bits per heavy atom. The highest BCUT2D eigenvalue weighted by Crippen LogP contribution is 2.20. The van der Waals surface area contributed by atoms with E-state index in [2.05, 4.69) is 4.72 Å². The maximum Gasteiger partial charge on any atom is 0.335 e. The molecular weight excluding hydrogens is 301 g/mol. The number of halogens is 1. The van der Waals surface area contributed by atoms with E-state index in [9.17, 15) is 22.7 Å². The molecule has 0 spiro atoms. The zero-order valence-electron chi connectivity index (χ0n) is 11.9. The molecule has 0 amide bonds. The average Bonchev–Trinajstić information content (AvgIpc) is 2.38. The number of aromatic carboxylic acids is 1. The summed E-state index contributed by atoms with van der Waals surface area (Å²) in [6.07, 6.45) is -0.896. The first kappa shape index (κ1) is 17.5. The van der Waals surface area contributed by atoms with Crippen LogP contribution in [0.25, 0.3) is 0 Å². The fraction of sp³-hybridized carbons (Fsp3) is 0.462. The van der Waals surface area contributed by atoms with Crippen molar-refractivity contribution in [2.45, 2.75) is 31.8 Å². The van der Waals surface area contributed by atoms with E-state index in [4.69, 9.17) is 5.11 Å². The predicted molar refractivity (Wildman–Crippen MR) is 74.1 cm³/mol. The smallest absolute Gasteiger partial charge is 0.335 e. The lowest BCUT2D eigenvalue weighted by Gasteiger charge is -2.16. The predicted octanol–water partition coefficient (Wildman–Crippen LogP) is 1.13. The maximum atomic E-state index is 13.7. The Balaban J connectivity index is 3.16. The van der Waals surface area contributed by atoms with E-state index in [1.807, 2.05) is 0 Å². The molecule has 0 aromatic heterocycles. The van der Waals surface area contributed by atoms with Crippen molar-refractivity contribution in [2.75, 3.05) is 6.54 Å². The van der Waals surface area contributed by atoms with Gasteiger partial charge in [0.1, 0.15) is 5.82 Å². The van der Waals surface area contributed by atoms with E-state index < -0.39 is 38.4 Å². The molecule has 21 heavy (non-hydrogen) atoms. The maximum absolute atomic E-state index is 13.7. The van der Waals surface area contributed by atoms with E-state index >= 15 is 0 Å². The highest BCUT2D eigenvalue weighted by atomic mass is 32.2. The second-order valence-corrected chi connectivity index (χ2v) is 6.78. The lowest BCUT2D eigenvalue weighted by molar-refractivity contribution is 0.0696. The van der Waals surface area contributed by atoms with Crippen molar-refractivity contribution in [2.24, 2.45) is 5.92 Å². The molecule has 1 unspecified atom stereocenters. The molecule has 0 radical (unpaired) electrons. The first-order chi connectivity index (χ1) is 9.56. The third-order valence-electron chi connectivity index (χ3n) is 3.09. The van der Waals surface area contributed by atoms with Crippen LogP contribution in [-0.4, -0.2) is 37.2 Å². The van der Waals surface area contributed by atoms with Gasteiger partial charge in [-0.2, -0.15) is 0 Å². The molecular formula is C13H18FNO5S. The number of rotatable bonds is 6. The number of hydrogen-bond donors (Lipinski definition) is 3. The monoisotopic (exact) mass is 319 g/mol. The van der Waals surface area contributed by atoms with Crippen LogP contribution >= 0.6 is 0 Å². The summed E-state index contributed by atoms with van der Waals surface area (Å²) in [6, 6.07) is 1.66. The normalized spacial score (nSPS) is 13.4. The van der Waals surface area contributed by atoms with Crippen molar-refractivity contribution < 1.29 is 27.8 Å². The number of aliphatic hydroxyl groups is 1. The van der Waals surface area contributed by atoms with Crippen LogP contribution in [0.5, 0.6) is 0 Å². The van der Waals surface area contributed by atoms with Crippen LogP contribution in [0.15, 0.2) is 17.0 Å². The third-order valence-corrected chi connectivity index (χ3v) is 4.63. The Kier molecular flexibility index (Phi) is 5.43. The van der Waals surface area contributed by atoms with E-state index in [0.29, 0.717) is 0 Å². The van der Waals surface area contributed by atoms with Gasteiger partial charge in [0.05, 0.1) is 16.6 Å². The van der Waals surface area contributed by atoms with Gasteiger partial charge in [-0.3, -0.25) is 0 Å². The van der Waals surface area contributed by atoms with Gasteiger partial charge in [-0.15, -0.1) is 0 Å². The molecule has 1 aromatic carbocycles. The minimum absolute atomic E-state index is 0.157. The number of carbonyl (C=O) groups is 1. The summed E-state index contributed by atoms with van der Waals surface area (Å²) in [7, 11) is -4.11. The molecule has 0 fully saturated rings. The van der Waals surface area contributed by atoms with Crippen LogP contribution in [0.1, 0.15) is 29.8 Å². The Bertz CT molecular complexity index is 642. The van der Waals surface area contributed by atoms with Gasteiger partial charge in [-0.1, -0.05) is 13.8 Å². The highest BCUT2D eigenvalue weighted by Gasteiger charge is 2.23. The van der Waals surface area contributed by atoms with E-state index in [1.54, 1.807) is 13.8 Å². The topological polar surface area (TPSA) is 104 Å². The number of carboxylic acid groups (broad SMARTS) is 1. The largest absolute Gasteiger partial charge is 0.478 e. The number of benzene rings is 1. The quantitative estimate of drug-likeness (QED) is 0.729. The number of aliphatic hydroxyl groups excluding tert-OH is 1. The van der Waals surface area contributed by atoms with Gasteiger partial charge >= 0.3 is 5.97 Å². The number of hydrogen-bond acceptors (Lipinski definition) is 4. The van der Waals surface area contributed by atoms with Crippen LogP contribution in [0, 0.1) is 18.7 Å². The lowest BCUT2D eigenvalue weighted by Crippen LogP contribution is -2.35. The van der Waals surface area contributed by atoms with Crippen molar-refractivity contribution in [1.29, 1.82) is 0 Å². The average molecular weight is 319 g/mol. The number of sulfonamides is 1. The summed E-state index contributed by atoms with van der Waals surface area (Å²) in [4.78, 5) is 10.4. The van der Waals surface area contributed by atoms with Gasteiger partial charge in [0.15, 0.2) is 0 Å². The first-order valence-corrected chi connectivity index (χ1v) is 7.75. The molecule has 1 rings (SSSR count). The number of nitrogens with one attached hydrogen (secondary N) is 1. The Hall–Kier alpha value is -1.51. The SMILES string of the molecule is Cc1c(F)cc(C(=O)O)cc1S(=O)(=O)NCC(O)C(C)C. The molecule has 3 N–H and O–H groups in total. The highest BCUT2D eigenvalue weighted by molar-refractivity contribution is 7.89. The van der Waals surface area contributed by atoms with Crippen molar-refractivity contribution in [3.63, 3.8) is 0 Å². The standard InChI is InChI=1S/C13H18FNO5S/c1-7(2)11(16)6-15-21(19,20)12-5-9(13(17)18)4-10(14)8(12)3/h4-5,7,11,15-16H,6H2,1-3H3,(H,17,18). The summed E-state index contributed by atoms with van der Waals surface area (Å²) in [5.74, 6) is -2.50. The molecule has 1 aromatic rings. The molecule has 0 aliphatic rings. The molecule has 6 nitrogen and oxygen atoms in total. The molecule has 0 bridgehead atoms. The van der Waals surface area contributed by atoms with E-state index in [-0.39, 0.29) is 18.0 Å². The van der Waals surface area contributed by atoms with Gasteiger partial charge in [0, 0.05) is 12.1 Å². The molecule has 0 aliphatic carbocycles.